The molecule has 0 radical (unpaired) electrons. The van der Waals surface area contributed by atoms with Gasteiger partial charge in [0, 0.05) is 5.92 Å². The summed E-state index contributed by atoms with van der Waals surface area (Å²) in [4.78, 5) is 11.1. The zero-order chi connectivity index (χ0) is 14.7. The lowest BCUT2D eigenvalue weighted by Crippen LogP contribution is -2.17. The second kappa shape index (κ2) is 6.13. The molecule has 0 heterocycles. The Labute approximate surface area is 125 Å². The third kappa shape index (κ3) is 2.85. The largest absolute Gasteiger partial charge is 0.492 e. The first-order valence-electron chi connectivity index (χ1n) is 7.55. The maximum absolute atomic E-state index is 11.1. The highest BCUT2D eigenvalue weighted by Gasteiger charge is 2.21. The number of hydrogen-bond acceptors (Lipinski definition) is 2. The van der Waals surface area contributed by atoms with Crippen LogP contribution in [-0.4, -0.2) is 12.9 Å². The van der Waals surface area contributed by atoms with Crippen molar-refractivity contribution in [3.05, 3.63) is 64.7 Å². The summed E-state index contributed by atoms with van der Waals surface area (Å²) in [7, 11) is 0. The van der Waals surface area contributed by atoms with Crippen molar-refractivity contribution in [2.24, 2.45) is 0 Å². The zero-order valence-corrected chi connectivity index (χ0v) is 12.3. The van der Waals surface area contributed by atoms with E-state index in [2.05, 4.69) is 24.3 Å². The van der Waals surface area contributed by atoms with Gasteiger partial charge in [0.15, 0.2) is 6.29 Å². The molecule has 0 bridgehead atoms. The molecule has 108 valence electrons. The van der Waals surface area contributed by atoms with Crippen LogP contribution in [0.5, 0.6) is 5.75 Å². The van der Waals surface area contributed by atoms with Crippen LogP contribution in [0.3, 0.4) is 0 Å². The SMILES string of the molecule is Cc1cccc(C=O)c1OCC1CCCc2ccccc21. The molecule has 21 heavy (non-hydrogen) atoms. The van der Waals surface area contributed by atoms with E-state index in [1.54, 1.807) is 0 Å². The summed E-state index contributed by atoms with van der Waals surface area (Å²) in [6.07, 6.45) is 4.40. The summed E-state index contributed by atoms with van der Waals surface area (Å²) in [5.41, 5.74) is 4.51. The first-order valence-corrected chi connectivity index (χ1v) is 7.55. The predicted octanol–water partition coefficient (Wildman–Crippen LogP) is 4.31. The Hall–Kier alpha value is -2.09. The van der Waals surface area contributed by atoms with Crippen LogP contribution in [0.15, 0.2) is 42.5 Å². The van der Waals surface area contributed by atoms with Crippen LogP contribution in [0.4, 0.5) is 0 Å². The maximum atomic E-state index is 11.1. The van der Waals surface area contributed by atoms with Gasteiger partial charge in [-0.15, -0.1) is 0 Å². The van der Waals surface area contributed by atoms with Crippen molar-refractivity contribution in [2.75, 3.05) is 6.61 Å². The van der Waals surface area contributed by atoms with Crippen molar-refractivity contribution in [3.8, 4) is 5.75 Å². The van der Waals surface area contributed by atoms with Crippen molar-refractivity contribution >= 4 is 6.29 Å². The van der Waals surface area contributed by atoms with E-state index in [1.165, 1.54) is 17.5 Å². The van der Waals surface area contributed by atoms with Crippen molar-refractivity contribution in [3.63, 3.8) is 0 Å². The topological polar surface area (TPSA) is 26.3 Å². The van der Waals surface area contributed by atoms with Gasteiger partial charge in [0.05, 0.1) is 12.2 Å². The summed E-state index contributed by atoms with van der Waals surface area (Å²) in [5, 5.41) is 0. The fraction of sp³-hybridized carbons (Fsp3) is 0.316. The number of hydrogen-bond donors (Lipinski definition) is 0. The molecule has 0 amide bonds. The lowest BCUT2D eigenvalue weighted by Gasteiger charge is -2.26. The molecule has 3 rings (SSSR count). The fourth-order valence-electron chi connectivity index (χ4n) is 3.18. The minimum Gasteiger partial charge on any atom is -0.492 e. The van der Waals surface area contributed by atoms with Crippen LogP contribution in [0.1, 0.15) is 45.8 Å². The molecule has 1 aliphatic rings. The Morgan fingerprint density at radius 1 is 1.19 bits per heavy atom. The van der Waals surface area contributed by atoms with E-state index in [1.807, 2.05) is 25.1 Å². The molecule has 1 unspecified atom stereocenters. The molecule has 2 aromatic rings. The normalized spacial score (nSPS) is 17.1. The lowest BCUT2D eigenvalue weighted by molar-refractivity contribution is 0.111. The van der Waals surface area contributed by atoms with E-state index in [0.29, 0.717) is 18.1 Å². The standard InChI is InChI=1S/C19H20O2/c1-14-6-4-9-16(12-20)19(14)21-13-17-10-5-8-15-7-2-3-11-18(15)17/h2-4,6-7,9,11-12,17H,5,8,10,13H2,1H3. The average molecular weight is 280 g/mol. The van der Waals surface area contributed by atoms with Gasteiger partial charge in [-0.2, -0.15) is 0 Å². The molecular weight excluding hydrogens is 260 g/mol. The summed E-state index contributed by atoms with van der Waals surface area (Å²) in [6.45, 7) is 2.62. The molecule has 2 aromatic carbocycles. The third-order valence-corrected chi connectivity index (χ3v) is 4.29. The number of rotatable bonds is 4. The molecular formula is C19H20O2. The van der Waals surface area contributed by atoms with Gasteiger partial charge < -0.3 is 4.74 Å². The fourth-order valence-corrected chi connectivity index (χ4v) is 3.18. The van der Waals surface area contributed by atoms with Crippen LogP contribution < -0.4 is 4.74 Å². The van der Waals surface area contributed by atoms with Gasteiger partial charge in [0.2, 0.25) is 0 Å². The van der Waals surface area contributed by atoms with Crippen LogP contribution in [0.2, 0.25) is 0 Å². The highest BCUT2D eigenvalue weighted by Crippen LogP contribution is 2.32. The molecule has 2 nitrogen and oxygen atoms in total. The number of carbonyl (C=O) groups is 1. The molecule has 0 saturated heterocycles. The van der Waals surface area contributed by atoms with E-state index < -0.39 is 0 Å². The average Bonchev–Trinajstić information content (AvgIpc) is 2.53. The van der Waals surface area contributed by atoms with Gasteiger partial charge in [0.1, 0.15) is 5.75 Å². The Bertz CT molecular complexity index is 646. The summed E-state index contributed by atoms with van der Waals surface area (Å²) >= 11 is 0. The molecule has 0 saturated carbocycles. The zero-order valence-electron chi connectivity index (χ0n) is 12.3. The van der Waals surface area contributed by atoms with Gasteiger partial charge in [0.25, 0.3) is 0 Å². The molecule has 0 fully saturated rings. The number of benzene rings is 2. The van der Waals surface area contributed by atoms with Crippen LogP contribution in [0.25, 0.3) is 0 Å². The summed E-state index contributed by atoms with van der Waals surface area (Å²) in [5.74, 6) is 1.16. The minimum atomic E-state index is 0.425. The molecule has 1 aliphatic carbocycles. The quantitative estimate of drug-likeness (QED) is 0.780. The van der Waals surface area contributed by atoms with Gasteiger partial charge in [-0.3, -0.25) is 4.79 Å². The van der Waals surface area contributed by atoms with E-state index >= 15 is 0 Å². The Balaban J connectivity index is 1.79. The van der Waals surface area contributed by atoms with Gasteiger partial charge >= 0.3 is 0 Å². The maximum Gasteiger partial charge on any atom is 0.153 e. The second-order valence-electron chi connectivity index (χ2n) is 5.71. The predicted molar refractivity (Wildman–Crippen MR) is 84.2 cm³/mol. The van der Waals surface area contributed by atoms with Gasteiger partial charge in [-0.25, -0.2) is 0 Å². The summed E-state index contributed by atoms with van der Waals surface area (Å²) < 4.78 is 6.02. The van der Waals surface area contributed by atoms with Crippen LogP contribution >= 0.6 is 0 Å². The highest BCUT2D eigenvalue weighted by atomic mass is 16.5. The highest BCUT2D eigenvalue weighted by molar-refractivity contribution is 5.80. The van der Waals surface area contributed by atoms with Crippen molar-refractivity contribution in [1.82, 2.24) is 0 Å². The molecule has 0 N–H and O–H groups in total. The van der Waals surface area contributed by atoms with E-state index in [4.69, 9.17) is 4.74 Å². The van der Waals surface area contributed by atoms with E-state index in [0.717, 1.165) is 30.4 Å². The minimum absolute atomic E-state index is 0.425. The monoisotopic (exact) mass is 280 g/mol. The third-order valence-electron chi connectivity index (χ3n) is 4.29. The number of aryl methyl sites for hydroxylation is 2. The van der Waals surface area contributed by atoms with Crippen molar-refractivity contribution < 1.29 is 9.53 Å². The van der Waals surface area contributed by atoms with Crippen LogP contribution in [0, 0.1) is 6.92 Å². The number of para-hydroxylation sites is 1. The molecule has 0 aromatic heterocycles. The van der Waals surface area contributed by atoms with Gasteiger partial charge in [-0.05, 0) is 48.9 Å². The van der Waals surface area contributed by atoms with Crippen LogP contribution in [-0.2, 0) is 6.42 Å². The Morgan fingerprint density at radius 2 is 2.05 bits per heavy atom. The Kier molecular flexibility index (Phi) is 4.05. The van der Waals surface area contributed by atoms with Gasteiger partial charge in [-0.1, -0.05) is 36.4 Å². The number of aldehydes is 1. The number of carbonyl (C=O) groups excluding carboxylic acids is 1. The van der Waals surface area contributed by atoms with Crippen molar-refractivity contribution in [1.29, 1.82) is 0 Å². The Morgan fingerprint density at radius 3 is 2.90 bits per heavy atom. The second-order valence-corrected chi connectivity index (χ2v) is 5.71. The molecule has 0 aliphatic heterocycles. The van der Waals surface area contributed by atoms with Crippen molar-refractivity contribution in [2.45, 2.75) is 32.1 Å². The summed E-state index contributed by atoms with van der Waals surface area (Å²) in [6, 6.07) is 14.3. The number of fused-ring (bicyclic) bond motifs is 1. The van der Waals surface area contributed by atoms with E-state index in [9.17, 15) is 4.79 Å². The first kappa shape index (κ1) is 13.9. The molecule has 0 spiro atoms. The first-order chi connectivity index (χ1) is 10.3. The molecule has 2 heteroatoms. The lowest BCUT2D eigenvalue weighted by atomic mass is 9.83. The number of ether oxygens (including phenoxy) is 1. The molecule has 1 atom stereocenters. The van der Waals surface area contributed by atoms with E-state index in [-0.39, 0.29) is 0 Å². The smallest absolute Gasteiger partial charge is 0.153 e.